The van der Waals surface area contributed by atoms with E-state index in [-0.39, 0.29) is 18.1 Å². The summed E-state index contributed by atoms with van der Waals surface area (Å²) >= 11 is 12.1. The fourth-order valence-corrected chi connectivity index (χ4v) is 3.58. The number of piperidine rings is 1. The van der Waals surface area contributed by atoms with Gasteiger partial charge in [0.2, 0.25) is 0 Å². The zero-order valence-electron chi connectivity index (χ0n) is 12.9. The molecule has 7 heteroatoms. The van der Waals surface area contributed by atoms with Crippen LogP contribution in [0.1, 0.15) is 24.6 Å². The third kappa shape index (κ3) is 3.24. The van der Waals surface area contributed by atoms with Crippen molar-refractivity contribution < 1.29 is 5.11 Å². The molecule has 0 aliphatic carbocycles. The van der Waals surface area contributed by atoms with E-state index in [0.717, 1.165) is 31.8 Å². The van der Waals surface area contributed by atoms with Crippen LogP contribution in [0.2, 0.25) is 10.0 Å². The van der Waals surface area contributed by atoms with Crippen molar-refractivity contribution in [2.75, 3.05) is 26.2 Å². The van der Waals surface area contributed by atoms with Gasteiger partial charge in [-0.25, -0.2) is 4.98 Å². The molecule has 1 aromatic carbocycles. The van der Waals surface area contributed by atoms with Crippen LogP contribution < -0.4 is 5.56 Å². The first-order valence-electron chi connectivity index (χ1n) is 7.70. The van der Waals surface area contributed by atoms with Crippen molar-refractivity contribution in [3.8, 4) is 0 Å². The Balaban J connectivity index is 2.05. The molecule has 0 unspecified atom stereocenters. The molecule has 124 valence electrons. The van der Waals surface area contributed by atoms with Crippen LogP contribution in [0.4, 0.5) is 0 Å². The Bertz CT molecular complexity index is 789. The minimum atomic E-state index is -0.108. The van der Waals surface area contributed by atoms with Crippen LogP contribution in [0, 0.1) is 0 Å². The zero-order valence-corrected chi connectivity index (χ0v) is 14.4. The second-order valence-corrected chi connectivity index (χ2v) is 6.80. The maximum atomic E-state index is 12.6. The summed E-state index contributed by atoms with van der Waals surface area (Å²) in [6.45, 7) is 2.57. The second kappa shape index (κ2) is 6.77. The molecule has 1 atom stereocenters. The number of nitrogens with zero attached hydrogens (tertiary/aromatic N) is 3. The number of hydrogen-bond acceptors (Lipinski definition) is 4. The van der Waals surface area contributed by atoms with Crippen molar-refractivity contribution in [3.63, 3.8) is 0 Å². The Hall–Kier alpha value is -1.14. The number of benzene rings is 1. The average molecular weight is 356 g/mol. The molecule has 0 bridgehead atoms. The summed E-state index contributed by atoms with van der Waals surface area (Å²) in [5, 5.41) is 10.4. The molecule has 1 aliphatic heterocycles. The largest absolute Gasteiger partial charge is 0.395 e. The van der Waals surface area contributed by atoms with Crippen LogP contribution in [0.15, 0.2) is 16.9 Å². The topological polar surface area (TPSA) is 58.4 Å². The number of likely N-dealkylation sites (tertiary alicyclic amines) is 1. The van der Waals surface area contributed by atoms with Crippen LogP contribution >= 0.6 is 23.2 Å². The Labute approximate surface area is 144 Å². The van der Waals surface area contributed by atoms with E-state index in [1.165, 1.54) is 0 Å². The van der Waals surface area contributed by atoms with Gasteiger partial charge in [-0.3, -0.25) is 9.36 Å². The molecular weight excluding hydrogens is 337 g/mol. The molecule has 5 nitrogen and oxygen atoms in total. The molecular formula is C16H19Cl2N3O2. The van der Waals surface area contributed by atoms with Gasteiger partial charge in [0.1, 0.15) is 5.82 Å². The Kier molecular flexibility index (Phi) is 4.92. The minimum absolute atomic E-state index is 0.108. The van der Waals surface area contributed by atoms with E-state index >= 15 is 0 Å². The van der Waals surface area contributed by atoms with Crippen molar-refractivity contribution in [1.82, 2.24) is 14.5 Å². The molecule has 23 heavy (non-hydrogen) atoms. The van der Waals surface area contributed by atoms with E-state index in [2.05, 4.69) is 9.88 Å². The number of rotatable bonds is 3. The molecule has 0 saturated carbocycles. The molecule has 1 aliphatic rings. The van der Waals surface area contributed by atoms with Gasteiger partial charge >= 0.3 is 0 Å². The lowest BCUT2D eigenvalue weighted by molar-refractivity contribution is 0.158. The van der Waals surface area contributed by atoms with E-state index in [0.29, 0.717) is 27.5 Å². The highest BCUT2D eigenvalue weighted by Gasteiger charge is 2.25. The van der Waals surface area contributed by atoms with Crippen molar-refractivity contribution in [2.45, 2.75) is 18.8 Å². The van der Waals surface area contributed by atoms with E-state index < -0.39 is 0 Å². The summed E-state index contributed by atoms with van der Waals surface area (Å²) in [5.41, 5.74) is 0.472. The maximum absolute atomic E-state index is 12.6. The number of halogens is 2. The second-order valence-electron chi connectivity index (χ2n) is 5.98. The smallest absolute Gasteiger partial charge is 0.261 e. The molecule has 3 rings (SSSR count). The van der Waals surface area contributed by atoms with Gasteiger partial charge in [0.25, 0.3) is 5.56 Å². The van der Waals surface area contributed by atoms with Gasteiger partial charge < -0.3 is 10.0 Å². The molecule has 1 saturated heterocycles. The standard InChI is InChI=1S/C16H19Cl2N3O2/c1-20-15(10-3-2-4-21(9-10)5-6-22)19-14-8-13(18)12(17)7-11(14)16(20)23/h7-8,10,22H,2-6,9H2,1H3/t10-/m0/s1. The molecule has 0 amide bonds. The number of aliphatic hydroxyl groups excluding tert-OH is 1. The first-order chi connectivity index (χ1) is 11.0. The fourth-order valence-electron chi connectivity index (χ4n) is 3.26. The lowest BCUT2D eigenvalue weighted by atomic mass is 9.96. The van der Waals surface area contributed by atoms with Gasteiger partial charge in [-0.15, -0.1) is 0 Å². The lowest BCUT2D eigenvalue weighted by Crippen LogP contribution is -2.38. The fraction of sp³-hybridized carbons (Fsp3) is 0.500. The Morgan fingerprint density at radius 2 is 2.09 bits per heavy atom. The van der Waals surface area contributed by atoms with Gasteiger partial charge in [-0.2, -0.15) is 0 Å². The Morgan fingerprint density at radius 3 is 2.83 bits per heavy atom. The van der Waals surface area contributed by atoms with Crippen LogP contribution in [-0.2, 0) is 7.05 Å². The third-order valence-corrected chi connectivity index (χ3v) is 5.16. The first kappa shape index (κ1) is 16.7. The predicted octanol–water partition coefficient (Wildman–Crippen LogP) is 2.41. The maximum Gasteiger partial charge on any atom is 0.261 e. The quantitative estimate of drug-likeness (QED) is 0.918. The first-order valence-corrected chi connectivity index (χ1v) is 8.45. The SMILES string of the molecule is Cn1c([C@H]2CCCN(CCO)C2)nc2cc(Cl)c(Cl)cc2c1=O. The number of aromatic nitrogens is 2. The van der Waals surface area contributed by atoms with E-state index in [4.69, 9.17) is 28.3 Å². The highest BCUT2D eigenvalue weighted by Crippen LogP contribution is 2.28. The lowest BCUT2D eigenvalue weighted by Gasteiger charge is -2.32. The summed E-state index contributed by atoms with van der Waals surface area (Å²) in [6.07, 6.45) is 2.01. The minimum Gasteiger partial charge on any atom is -0.395 e. The van der Waals surface area contributed by atoms with E-state index in [1.807, 2.05) is 0 Å². The summed E-state index contributed by atoms with van der Waals surface area (Å²) in [7, 11) is 1.75. The summed E-state index contributed by atoms with van der Waals surface area (Å²) in [6, 6.07) is 3.23. The molecule has 1 aromatic heterocycles. The van der Waals surface area contributed by atoms with Gasteiger partial charge in [-0.1, -0.05) is 23.2 Å². The number of aliphatic hydroxyl groups is 1. The predicted molar refractivity (Wildman–Crippen MR) is 92.5 cm³/mol. The molecule has 2 aromatic rings. The van der Waals surface area contributed by atoms with Gasteiger partial charge in [0.05, 0.1) is 27.6 Å². The summed E-state index contributed by atoms with van der Waals surface area (Å²) < 4.78 is 1.61. The van der Waals surface area contributed by atoms with E-state index in [9.17, 15) is 4.79 Å². The van der Waals surface area contributed by atoms with Crippen LogP contribution in [0.25, 0.3) is 10.9 Å². The number of fused-ring (bicyclic) bond motifs is 1. The molecule has 0 radical (unpaired) electrons. The highest BCUT2D eigenvalue weighted by molar-refractivity contribution is 6.42. The van der Waals surface area contributed by atoms with Gasteiger partial charge in [-0.05, 0) is 31.5 Å². The molecule has 1 fully saturated rings. The normalized spacial score (nSPS) is 19.4. The zero-order chi connectivity index (χ0) is 16.6. The monoisotopic (exact) mass is 355 g/mol. The number of β-amino-alcohol motifs (C(OH)–C–C–N with tert-alkyl or cyclic N) is 1. The van der Waals surface area contributed by atoms with Gasteiger partial charge in [0.15, 0.2) is 0 Å². The van der Waals surface area contributed by atoms with Gasteiger partial charge in [0, 0.05) is 26.1 Å². The Morgan fingerprint density at radius 1 is 1.35 bits per heavy atom. The molecule has 1 N–H and O–H groups in total. The average Bonchev–Trinajstić information content (AvgIpc) is 2.53. The highest BCUT2D eigenvalue weighted by atomic mass is 35.5. The summed E-state index contributed by atoms with van der Waals surface area (Å²) in [4.78, 5) is 19.5. The van der Waals surface area contributed by atoms with E-state index in [1.54, 1.807) is 23.7 Å². The number of hydrogen-bond donors (Lipinski definition) is 1. The summed E-state index contributed by atoms with van der Waals surface area (Å²) in [5.74, 6) is 0.940. The van der Waals surface area contributed by atoms with Crippen molar-refractivity contribution in [3.05, 3.63) is 38.4 Å². The molecule has 2 heterocycles. The van der Waals surface area contributed by atoms with Crippen molar-refractivity contribution in [1.29, 1.82) is 0 Å². The van der Waals surface area contributed by atoms with Crippen LogP contribution in [0.5, 0.6) is 0 Å². The van der Waals surface area contributed by atoms with Crippen molar-refractivity contribution >= 4 is 34.1 Å². The van der Waals surface area contributed by atoms with Crippen molar-refractivity contribution in [2.24, 2.45) is 7.05 Å². The van der Waals surface area contributed by atoms with Crippen LogP contribution in [-0.4, -0.2) is 45.8 Å². The molecule has 0 spiro atoms. The third-order valence-electron chi connectivity index (χ3n) is 4.44. The van der Waals surface area contributed by atoms with Crippen LogP contribution in [0.3, 0.4) is 0 Å².